The summed E-state index contributed by atoms with van der Waals surface area (Å²) >= 11 is 0. The summed E-state index contributed by atoms with van der Waals surface area (Å²) in [4.78, 5) is 15.9. The number of amidine groups is 1. The molecule has 12 heteroatoms. The average Bonchev–Trinajstić information content (AvgIpc) is 3.32. The lowest BCUT2D eigenvalue weighted by Crippen LogP contribution is -2.45. The molecule has 0 radical (unpaired) electrons. The third kappa shape index (κ3) is 4.32. The van der Waals surface area contributed by atoms with Crippen molar-refractivity contribution in [3.05, 3.63) is 106 Å². The summed E-state index contributed by atoms with van der Waals surface area (Å²) in [5.74, 6) is 0.633. The van der Waals surface area contributed by atoms with Gasteiger partial charge in [-0.2, -0.15) is 5.10 Å². The van der Waals surface area contributed by atoms with E-state index < -0.39 is 18.1 Å². The number of aliphatic imine (C=N–C) groups is 1. The van der Waals surface area contributed by atoms with Gasteiger partial charge in [0, 0.05) is 32.3 Å². The van der Waals surface area contributed by atoms with E-state index >= 15 is 4.39 Å². The molecule has 0 saturated carbocycles. The van der Waals surface area contributed by atoms with Crippen LogP contribution in [-0.2, 0) is 4.74 Å². The Kier molecular flexibility index (Phi) is 6.79. The van der Waals surface area contributed by atoms with Crippen LogP contribution in [0.3, 0.4) is 0 Å². The number of fused-ring (bicyclic) bond motifs is 1. The summed E-state index contributed by atoms with van der Waals surface area (Å²) in [6.45, 7) is 4.15. The van der Waals surface area contributed by atoms with Crippen molar-refractivity contribution in [2.24, 2.45) is 9.74 Å². The van der Waals surface area contributed by atoms with Gasteiger partial charge >= 0.3 is 0 Å². The predicted molar refractivity (Wildman–Crippen MR) is 153 cm³/mol. The molecule has 204 valence electrons. The maximum absolute atomic E-state index is 15.3. The SMILES string of the molecule is Cc1nn(-c2ccccc2)c2c1[P@@](=Nc1ccc([N+](=O)[O-])cc1)(N1CCOCC1)N(C)C(c1ccccc1F)=N2. The van der Waals surface area contributed by atoms with Crippen LogP contribution in [0.5, 0.6) is 0 Å². The summed E-state index contributed by atoms with van der Waals surface area (Å²) in [6, 6.07) is 22.5. The second kappa shape index (κ2) is 10.4. The molecule has 10 nitrogen and oxygen atoms in total. The van der Waals surface area contributed by atoms with Gasteiger partial charge in [-0.3, -0.25) is 10.1 Å². The molecule has 1 fully saturated rings. The average molecular weight is 560 g/mol. The molecule has 0 bridgehead atoms. The van der Waals surface area contributed by atoms with Crippen molar-refractivity contribution < 1.29 is 14.1 Å². The first-order valence-electron chi connectivity index (χ1n) is 12.8. The maximum Gasteiger partial charge on any atom is 0.269 e. The zero-order valence-electron chi connectivity index (χ0n) is 22.0. The van der Waals surface area contributed by atoms with Gasteiger partial charge in [0.15, 0.2) is 13.2 Å². The minimum atomic E-state index is -2.93. The normalized spacial score (nSPS) is 19.2. The molecule has 0 aliphatic carbocycles. The number of benzene rings is 3. The minimum Gasteiger partial charge on any atom is -0.379 e. The Hall–Kier alpha value is -4.18. The Morgan fingerprint density at radius 3 is 2.35 bits per heavy atom. The van der Waals surface area contributed by atoms with E-state index in [9.17, 15) is 10.1 Å². The van der Waals surface area contributed by atoms with Crippen LogP contribution in [0.25, 0.3) is 5.69 Å². The Balaban J connectivity index is 1.70. The van der Waals surface area contributed by atoms with Gasteiger partial charge in [0.05, 0.1) is 46.1 Å². The quantitative estimate of drug-likeness (QED) is 0.180. The van der Waals surface area contributed by atoms with Crippen LogP contribution >= 0.6 is 7.36 Å². The molecular formula is C28H27FN7O3P. The molecular weight excluding hydrogens is 532 g/mol. The summed E-state index contributed by atoms with van der Waals surface area (Å²) < 4.78 is 32.5. The zero-order valence-corrected chi connectivity index (χ0v) is 22.9. The molecule has 2 aliphatic rings. The van der Waals surface area contributed by atoms with Gasteiger partial charge in [-0.25, -0.2) is 23.5 Å². The number of ether oxygens (including phenoxy) is 1. The highest BCUT2D eigenvalue weighted by atomic mass is 31.2. The second-order valence-electron chi connectivity index (χ2n) is 9.45. The number of rotatable bonds is 5. The third-order valence-corrected chi connectivity index (χ3v) is 10.9. The lowest BCUT2D eigenvalue weighted by molar-refractivity contribution is -0.384. The van der Waals surface area contributed by atoms with Crippen LogP contribution in [0.1, 0.15) is 11.3 Å². The number of nitrogens with zero attached hydrogens (tertiary/aromatic N) is 7. The number of hydrogen-bond acceptors (Lipinski definition) is 6. The number of nitro benzene ring substituents is 1. The number of halogens is 1. The van der Waals surface area contributed by atoms with Crippen LogP contribution in [0.15, 0.2) is 88.6 Å². The third-order valence-electron chi connectivity index (χ3n) is 7.05. The minimum absolute atomic E-state index is 0.0166. The summed E-state index contributed by atoms with van der Waals surface area (Å²) in [7, 11) is -1.03. The number of aryl methyl sites for hydroxylation is 1. The van der Waals surface area contributed by atoms with Crippen molar-refractivity contribution >= 4 is 35.7 Å². The first-order chi connectivity index (χ1) is 19.4. The molecule has 6 rings (SSSR count). The monoisotopic (exact) mass is 559 g/mol. The highest BCUT2D eigenvalue weighted by Gasteiger charge is 2.46. The Morgan fingerprint density at radius 2 is 1.68 bits per heavy atom. The summed E-state index contributed by atoms with van der Waals surface area (Å²) in [6.07, 6.45) is 0. The Labute approximate surface area is 230 Å². The molecule has 4 aromatic rings. The number of aromatic nitrogens is 2. The van der Waals surface area contributed by atoms with Crippen LogP contribution in [0.2, 0.25) is 0 Å². The smallest absolute Gasteiger partial charge is 0.269 e. The van der Waals surface area contributed by atoms with E-state index in [1.165, 1.54) is 18.2 Å². The summed E-state index contributed by atoms with van der Waals surface area (Å²) in [5.41, 5.74) is 2.49. The standard InChI is InChI=1S/C28H27FN7O3P/c1-20-26-28(35(31-20)22-8-4-3-5-9-22)30-27(24-10-6-7-11-25(24)29)33(2)40(26,34-16-18-39-19-17-34)32-21-12-14-23(15-13-21)36(37)38/h3-15H,16-19H2,1-2H3/t40-/m0/s1. The van der Waals surface area contributed by atoms with E-state index in [1.807, 2.05) is 49.0 Å². The largest absolute Gasteiger partial charge is 0.379 e. The highest BCUT2D eigenvalue weighted by molar-refractivity contribution is 7.70. The van der Waals surface area contributed by atoms with Crippen LogP contribution in [0, 0.1) is 22.9 Å². The fraction of sp³-hybridized carbons (Fsp3) is 0.214. The van der Waals surface area contributed by atoms with Crippen molar-refractivity contribution in [2.75, 3.05) is 33.4 Å². The van der Waals surface area contributed by atoms with E-state index in [0.29, 0.717) is 49.2 Å². The molecule has 1 aromatic heterocycles. The zero-order chi connectivity index (χ0) is 27.9. The van der Waals surface area contributed by atoms with Gasteiger partial charge < -0.3 is 9.41 Å². The van der Waals surface area contributed by atoms with Gasteiger partial charge in [0.1, 0.15) is 11.7 Å². The Bertz CT molecular complexity index is 1670. The van der Waals surface area contributed by atoms with Crippen LogP contribution in [-0.4, -0.2) is 63.2 Å². The van der Waals surface area contributed by atoms with Crippen LogP contribution in [0.4, 0.5) is 21.6 Å². The van der Waals surface area contributed by atoms with Gasteiger partial charge in [-0.05, 0) is 43.3 Å². The van der Waals surface area contributed by atoms with Gasteiger partial charge in [-0.15, -0.1) is 0 Å². The molecule has 0 N–H and O–H groups in total. The fourth-order valence-corrected chi connectivity index (χ4v) is 8.99. The molecule has 1 saturated heterocycles. The van der Waals surface area contributed by atoms with Crippen LogP contribution < -0.4 is 5.30 Å². The molecule has 0 spiro atoms. The summed E-state index contributed by atoms with van der Waals surface area (Å²) in [5, 5.41) is 17.1. The maximum atomic E-state index is 15.3. The van der Waals surface area contributed by atoms with Crippen molar-refractivity contribution in [2.45, 2.75) is 6.92 Å². The van der Waals surface area contributed by atoms with E-state index in [2.05, 4.69) is 4.67 Å². The van der Waals surface area contributed by atoms with Gasteiger partial charge in [0.2, 0.25) is 0 Å². The molecule has 1 atom stereocenters. The number of hydrogen-bond donors (Lipinski definition) is 0. The lowest BCUT2D eigenvalue weighted by Gasteiger charge is -2.46. The first-order valence-corrected chi connectivity index (χ1v) is 14.5. The fourth-order valence-electron chi connectivity index (χ4n) is 5.19. The van der Waals surface area contributed by atoms with Crippen molar-refractivity contribution in [3.63, 3.8) is 0 Å². The predicted octanol–water partition coefficient (Wildman–Crippen LogP) is 5.57. The topological polar surface area (TPSA) is 101 Å². The molecule has 0 amide bonds. The number of nitro groups is 1. The van der Waals surface area contributed by atoms with Gasteiger partial charge in [0.25, 0.3) is 5.69 Å². The molecule has 2 aliphatic heterocycles. The van der Waals surface area contributed by atoms with Crippen molar-refractivity contribution in [1.82, 2.24) is 19.1 Å². The van der Waals surface area contributed by atoms with Crippen molar-refractivity contribution in [1.29, 1.82) is 0 Å². The van der Waals surface area contributed by atoms with Crippen molar-refractivity contribution in [3.8, 4) is 5.69 Å². The number of morpholine rings is 1. The number of non-ortho nitro benzene ring substituents is 1. The van der Waals surface area contributed by atoms with E-state index in [4.69, 9.17) is 19.6 Å². The molecule has 3 heterocycles. The van der Waals surface area contributed by atoms with Gasteiger partial charge in [-0.1, -0.05) is 30.3 Å². The van der Waals surface area contributed by atoms with E-state index in [1.54, 1.807) is 35.0 Å². The molecule has 3 aromatic carbocycles. The molecule has 40 heavy (non-hydrogen) atoms. The lowest BCUT2D eigenvalue weighted by atomic mass is 10.2. The van der Waals surface area contributed by atoms with E-state index in [0.717, 1.165) is 16.7 Å². The highest BCUT2D eigenvalue weighted by Crippen LogP contribution is 2.61. The Morgan fingerprint density at radius 1 is 1.00 bits per heavy atom. The molecule has 0 unspecified atom stereocenters. The first kappa shape index (κ1) is 26.1. The second-order valence-corrected chi connectivity index (χ2v) is 12.4. The number of para-hydroxylation sites is 1. The van der Waals surface area contributed by atoms with E-state index in [-0.39, 0.29) is 5.69 Å².